The lowest BCUT2D eigenvalue weighted by Gasteiger charge is -2.13. The number of pyridine rings is 2. The summed E-state index contributed by atoms with van der Waals surface area (Å²) < 4.78 is 8.80. The van der Waals surface area contributed by atoms with Crippen molar-refractivity contribution in [1.82, 2.24) is 14.5 Å². The Morgan fingerprint density at radius 3 is 2.02 bits per heavy atom. The van der Waals surface area contributed by atoms with Crippen LogP contribution in [0.3, 0.4) is 0 Å². The van der Waals surface area contributed by atoms with Gasteiger partial charge in [0.15, 0.2) is 0 Å². The van der Waals surface area contributed by atoms with Crippen molar-refractivity contribution in [2.45, 2.75) is 0 Å². The van der Waals surface area contributed by atoms with Crippen LogP contribution in [0.15, 0.2) is 164 Å². The lowest BCUT2D eigenvalue weighted by Crippen LogP contribution is -2.00. The van der Waals surface area contributed by atoms with Gasteiger partial charge in [-0.25, -0.2) is 4.98 Å². The summed E-state index contributed by atoms with van der Waals surface area (Å²) in [5.41, 5.74) is 7.48. The molecular formula is C40H27N3O. The van der Waals surface area contributed by atoms with E-state index in [1.54, 1.807) is 0 Å². The average molecular weight is 566 g/mol. The Labute approximate surface area is 255 Å². The second-order valence-corrected chi connectivity index (χ2v) is 10.7. The highest BCUT2D eigenvalue weighted by Gasteiger charge is 2.22. The van der Waals surface area contributed by atoms with Crippen LogP contribution in [-0.4, -0.2) is 14.5 Å². The number of hydrogen-bond donors (Lipinski definition) is 0. The van der Waals surface area contributed by atoms with Gasteiger partial charge in [-0.15, -0.1) is 0 Å². The molecule has 8 rings (SSSR count). The van der Waals surface area contributed by atoms with E-state index in [2.05, 4.69) is 114 Å². The molecule has 0 amide bonds. The van der Waals surface area contributed by atoms with E-state index in [0.29, 0.717) is 0 Å². The first-order valence-electron chi connectivity index (χ1n) is 14.7. The van der Waals surface area contributed by atoms with Gasteiger partial charge in [-0.1, -0.05) is 103 Å². The van der Waals surface area contributed by atoms with Gasteiger partial charge in [0.05, 0.1) is 16.9 Å². The summed E-state index contributed by atoms with van der Waals surface area (Å²) in [6.45, 7) is 0. The molecule has 3 aromatic heterocycles. The van der Waals surface area contributed by atoms with Crippen LogP contribution >= 0.6 is 0 Å². The molecule has 0 N–H and O–H groups in total. The maximum absolute atomic E-state index is 6.55. The molecule has 5 aromatic carbocycles. The zero-order valence-electron chi connectivity index (χ0n) is 23.8. The summed E-state index contributed by atoms with van der Waals surface area (Å²) in [4.78, 5) is 9.51. The summed E-state index contributed by atoms with van der Waals surface area (Å²) in [6, 6.07) is 51.9. The number of nitrogens with zero attached hydrogens (tertiary/aromatic N) is 3. The topological polar surface area (TPSA) is 39.9 Å². The number of aromatic nitrogens is 3. The van der Waals surface area contributed by atoms with Crippen LogP contribution < -0.4 is 4.74 Å². The molecule has 0 spiro atoms. The number of ether oxygens (including phenoxy) is 1. The third-order valence-corrected chi connectivity index (χ3v) is 7.94. The lowest BCUT2D eigenvalue weighted by molar-refractivity contribution is 0.483. The van der Waals surface area contributed by atoms with Crippen molar-refractivity contribution in [1.29, 1.82) is 0 Å². The highest BCUT2D eigenvalue weighted by molar-refractivity contribution is 6.06. The van der Waals surface area contributed by atoms with Gasteiger partial charge >= 0.3 is 0 Å². The molecule has 4 nitrogen and oxygen atoms in total. The zero-order valence-corrected chi connectivity index (χ0v) is 23.8. The molecule has 0 saturated heterocycles. The van der Waals surface area contributed by atoms with Crippen LogP contribution in [0.4, 0.5) is 0 Å². The van der Waals surface area contributed by atoms with Crippen LogP contribution in [0, 0.1) is 0 Å². The van der Waals surface area contributed by atoms with Crippen LogP contribution in [-0.2, 0) is 0 Å². The van der Waals surface area contributed by atoms with Crippen LogP contribution in [0.5, 0.6) is 11.5 Å². The molecule has 0 atom stereocenters. The predicted molar refractivity (Wildman–Crippen MR) is 179 cm³/mol. The Morgan fingerprint density at radius 2 is 1.20 bits per heavy atom. The van der Waals surface area contributed by atoms with Gasteiger partial charge in [0.1, 0.15) is 17.3 Å². The second-order valence-electron chi connectivity index (χ2n) is 10.7. The second kappa shape index (κ2) is 11.0. The molecule has 0 bridgehead atoms. The van der Waals surface area contributed by atoms with Gasteiger partial charge in [0.2, 0.25) is 0 Å². The van der Waals surface area contributed by atoms with Gasteiger partial charge in [0.25, 0.3) is 0 Å². The normalized spacial score (nSPS) is 11.2. The summed E-state index contributed by atoms with van der Waals surface area (Å²) >= 11 is 0. The van der Waals surface area contributed by atoms with E-state index in [1.165, 1.54) is 0 Å². The molecular weight excluding hydrogens is 538 g/mol. The van der Waals surface area contributed by atoms with E-state index >= 15 is 0 Å². The highest BCUT2D eigenvalue weighted by Crippen LogP contribution is 2.44. The Bertz CT molecular complexity index is 2240. The first-order chi connectivity index (χ1) is 21.8. The van der Waals surface area contributed by atoms with E-state index in [0.717, 1.165) is 72.6 Å². The first kappa shape index (κ1) is 25.7. The Hall–Kier alpha value is -6.00. The molecule has 0 saturated carbocycles. The molecule has 208 valence electrons. The summed E-state index contributed by atoms with van der Waals surface area (Å²) in [7, 11) is 0. The Kier molecular flexibility index (Phi) is 6.43. The van der Waals surface area contributed by atoms with E-state index < -0.39 is 0 Å². The molecule has 0 fully saturated rings. The molecule has 0 aliphatic carbocycles. The van der Waals surface area contributed by atoms with Crippen molar-refractivity contribution < 1.29 is 4.74 Å². The summed E-state index contributed by atoms with van der Waals surface area (Å²) in [6.07, 6.45) is 3.70. The summed E-state index contributed by atoms with van der Waals surface area (Å²) in [5.74, 6) is 2.34. The monoisotopic (exact) mass is 565 g/mol. The lowest BCUT2D eigenvalue weighted by atomic mass is 9.98. The fourth-order valence-corrected chi connectivity index (χ4v) is 6.01. The fourth-order valence-electron chi connectivity index (χ4n) is 6.01. The van der Waals surface area contributed by atoms with Crippen molar-refractivity contribution >= 4 is 21.7 Å². The van der Waals surface area contributed by atoms with E-state index in [4.69, 9.17) is 14.7 Å². The largest absolute Gasteiger partial charge is 0.457 e. The van der Waals surface area contributed by atoms with Crippen LogP contribution in [0.25, 0.3) is 61.1 Å². The minimum Gasteiger partial charge on any atom is -0.457 e. The molecule has 8 aromatic rings. The number of benzene rings is 5. The highest BCUT2D eigenvalue weighted by atomic mass is 16.5. The van der Waals surface area contributed by atoms with Gasteiger partial charge in [-0.2, -0.15) is 0 Å². The van der Waals surface area contributed by atoms with Crippen molar-refractivity contribution in [2.24, 2.45) is 0 Å². The molecule has 44 heavy (non-hydrogen) atoms. The third kappa shape index (κ3) is 4.59. The standard InChI is InChI=1S/C40H27N3O/c1-3-13-29(14-4-1)38-35-22-21-33(27-36(35)43(37-20-9-10-24-41-37)40(38)30-15-5-2-6-16-30)44-32-18-11-17-31(26-32)39-34-19-8-7-12-28(34)23-25-42-39/h1-27H. The van der Waals surface area contributed by atoms with Gasteiger partial charge in [0, 0.05) is 40.4 Å². The Balaban J connectivity index is 1.30. The third-order valence-electron chi connectivity index (χ3n) is 7.94. The predicted octanol–water partition coefficient (Wildman–Crippen LogP) is 10.4. The van der Waals surface area contributed by atoms with Gasteiger partial charge in [-0.05, 0) is 59.0 Å². The molecule has 4 heteroatoms. The Morgan fingerprint density at radius 1 is 0.477 bits per heavy atom. The first-order valence-corrected chi connectivity index (χ1v) is 14.7. The van der Waals surface area contributed by atoms with E-state index in [-0.39, 0.29) is 0 Å². The summed E-state index contributed by atoms with van der Waals surface area (Å²) in [5, 5.41) is 3.40. The van der Waals surface area contributed by atoms with Gasteiger partial charge < -0.3 is 4.74 Å². The smallest absolute Gasteiger partial charge is 0.137 e. The van der Waals surface area contributed by atoms with Gasteiger partial charge in [-0.3, -0.25) is 9.55 Å². The van der Waals surface area contributed by atoms with Crippen molar-refractivity contribution in [2.75, 3.05) is 0 Å². The number of hydrogen-bond acceptors (Lipinski definition) is 3. The molecule has 0 aliphatic heterocycles. The van der Waals surface area contributed by atoms with Crippen molar-refractivity contribution in [3.05, 3.63) is 164 Å². The minimum absolute atomic E-state index is 0.745. The van der Waals surface area contributed by atoms with Crippen molar-refractivity contribution in [3.63, 3.8) is 0 Å². The maximum Gasteiger partial charge on any atom is 0.137 e. The fraction of sp³-hybridized carbons (Fsp3) is 0. The SMILES string of the molecule is c1ccc(-c2c(-c3ccccc3)n(-c3ccccn3)c3cc(Oc4cccc(-c5nccc6ccccc56)c4)ccc23)cc1. The zero-order chi connectivity index (χ0) is 29.3. The minimum atomic E-state index is 0.745. The molecule has 0 radical (unpaired) electrons. The molecule has 0 aliphatic rings. The van der Waals surface area contributed by atoms with Crippen LogP contribution in [0.2, 0.25) is 0 Å². The quantitative estimate of drug-likeness (QED) is 0.201. The van der Waals surface area contributed by atoms with Crippen molar-refractivity contribution in [3.8, 4) is 51.0 Å². The van der Waals surface area contributed by atoms with E-state index in [9.17, 15) is 0 Å². The van der Waals surface area contributed by atoms with Crippen LogP contribution in [0.1, 0.15) is 0 Å². The average Bonchev–Trinajstić information content (AvgIpc) is 3.44. The number of rotatable bonds is 6. The number of fused-ring (bicyclic) bond motifs is 2. The molecule has 3 heterocycles. The van der Waals surface area contributed by atoms with E-state index in [1.807, 2.05) is 54.9 Å². The maximum atomic E-state index is 6.55. The molecule has 0 unspecified atom stereocenters.